The van der Waals surface area contributed by atoms with Crippen LogP contribution in [0.4, 0.5) is 0 Å². The van der Waals surface area contributed by atoms with E-state index in [4.69, 9.17) is 14.9 Å². The van der Waals surface area contributed by atoms with Crippen molar-refractivity contribution < 1.29 is 28.5 Å². The molecule has 0 spiro atoms. The first-order chi connectivity index (χ1) is 4.04. The summed E-state index contributed by atoms with van der Waals surface area (Å²) in [6.45, 7) is 0. The van der Waals surface area contributed by atoms with E-state index >= 15 is 0 Å². The maximum Gasteiger partial charge on any atom is 0.701 e. The highest BCUT2D eigenvalue weighted by atomic mass is 31.1. The van der Waals surface area contributed by atoms with Gasteiger partial charge in [0.25, 0.3) is 0 Å². The Labute approximate surface area is 51.9 Å². The molecule has 3 N–H and O–H groups in total. The Morgan fingerprint density at radius 2 is 1.78 bits per heavy atom. The predicted molar refractivity (Wildman–Crippen MR) is 26.7 cm³/mol. The van der Waals surface area contributed by atoms with Crippen LogP contribution in [0.3, 0.4) is 0 Å². The average molecular weight is 174 g/mol. The van der Waals surface area contributed by atoms with Gasteiger partial charge in [-0.3, -0.25) is 0 Å². The Hall–Kier alpha value is 0.0400. The van der Waals surface area contributed by atoms with Crippen LogP contribution in [-0.4, -0.2) is 20.9 Å². The molecule has 8 heteroatoms. The molecular weight excluding hydrogens is 170 g/mol. The van der Waals surface area contributed by atoms with Gasteiger partial charge in [0, 0.05) is 4.57 Å². The van der Waals surface area contributed by atoms with Crippen LogP contribution in [0.25, 0.3) is 0 Å². The van der Waals surface area contributed by atoms with E-state index in [2.05, 4.69) is 4.52 Å². The van der Waals surface area contributed by atoms with E-state index in [1.54, 1.807) is 0 Å². The molecule has 0 saturated heterocycles. The summed E-state index contributed by atoms with van der Waals surface area (Å²) in [5, 5.41) is 8.20. The zero-order valence-corrected chi connectivity index (χ0v) is 5.83. The molecule has 0 fully saturated rings. The summed E-state index contributed by atoms with van der Waals surface area (Å²) < 4.78 is 23.0. The van der Waals surface area contributed by atoms with Crippen LogP contribution in [0.15, 0.2) is 0 Å². The Kier molecular flexibility index (Phi) is 3.97. The van der Waals surface area contributed by atoms with E-state index in [-0.39, 0.29) is 0 Å². The fraction of sp³-hybridized carbons (Fsp3) is 1.00. The molecule has 0 rings (SSSR count). The normalized spacial score (nSPS) is 16.8. The molecule has 0 aromatic rings. The van der Waals surface area contributed by atoms with E-state index in [1.807, 2.05) is 0 Å². The van der Waals surface area contributed by atoms with Gasteiger partial charge in [0.05, 0.1) is 0 Å². The van der Waals surface area contributed by atoms with Gasteiger partial charge < -0.3 is 5.11 Å². The molecule has 0 amide bonds. The molecule has 0 heterocycles. The van der Waals surface area contributed by atoms with Crippen molar-refractivity contribution in [3.63, 3.8) is 0 Å². The molecule has 3 atom stereocenters. The lowest BCUT2D eigenvalue weighted by Crippen LogP contribution is -1.99. The van der Waals surface area contributed by atoms with Crippen LogP contribution in [0.1, 0.15) is 0 Å². The second-order valence-electron chi connectivity index (χ2n) is 0.972. The third-order valence-corrected chi connectivity index (χ3v) is 1.40. The third kappa shape index (κ3) is 4.54. The van der Waals surface area contributed by atoms with Crippen molar-refractivity contribution in [2.45, 2.75) is 6.03 Å². The van der Waals surface area contributed by atoms with Gasteiger partial charge in [-0.05, 0) is 9.09 Å². The monoisotopic (exact) mass is 174 g/mol. The fourth-order valence-corrected chi connectivity index (χ4v) is 0.847. The summed E-state index contributed by atoms with van der Waals surface area (Å²) in [5.41, 5.74) is 0. The average Bonchev–Trinajstić information content (AvgIpc) is 1.63. The first-order valence-corrected chi connectivity index (χ1v) is 4.11. The molecule has 6 nitrogen and oxygen atoms in total. The summed E-state index contributed by atoms with van der Waals surface area (Å²) in [6, 6.07) is -2.08. The lowest BCUT2D eigenvalue weighted by molar-refractivity contribution is 0.0443. The minimum Gasteiger partial charge on any atom is -0.323 e. The lowest BCUT2D eigenvalue weighted by Gasteiger charge is -1.79. The lowest BCUT2D eigenvalue weighted by atomic mass is 11.5. The molecule has 0 radical (unpaired) electrons. The molecule has 0 aliphatic heterocycles. The Morgan fingerprint density at radius 1 is 1.33 bits per heavy atom. The Bertz CT molecular complexity index is 131. The van der Waals surface area contributed by atoms with Crippen molar-refractivity contribution in [3.8, 4) is 0 Å². The molecular formula is CH4O6P2+2. The van der Waals surface area contributed by atoms with Crippen molar-refractivity contribution in [2.24, 2.45) is 0 Å². The Morgan fingerprint density at radius 3 is 1.89 bits per heavy atom. The van der Waals surface area contributed by atoms with Gasteiger partial charge in [-0.25, -0.2) is 0 Å². The van der Waals surface area contributed by atoms with E-state index in [0.717, 1.165) is 0 Å². The van der Waals surface area contributed by atoms with E-state index in [1.165, 1.54) is 0 Å². The van der Waals surface area contributed by atoms with Crippen LogP contribution in [0, 0.1) is 0 Å². The van der Waals surface area contributed by atoms with Crippen molar-refractivity contribution in [1.29, 1.82) is 0 Å². The van der Waals surface area contributed by atoms with E-state index < -0.39 is 22.3 Å². The second kappa shape index (κ2) is 3.95. The summed E-state index contributed by atoms with van der Waals surface area (Å²) in [5.74, 6) is 0. The summed E-state index contributed by atoms with van der Waals surface area (Å²) >= 11 is 0. The number of rotatable bonds is 3. The Balaban J connectivity index is 3.63. The van der Waals surface area contributed by atoms with Crippen LogP contribution < -0.4 is 0 Å². The van der Waals surface area contributed by atoms with Gasteiger partial charge >= 0.3 is 22.3 Å². The van der Waals surface area contributed by atoms with Crippen LogP contribution >= 0.6 is 16.3 Å². The maximum atomic E-state index is 9.77. The fourth-order valence-electron chi connectivity index (χ4n) is 0.121. The van der Waals surface area contributed by atoms with Crippen molar-refractivity contribution >= 4 is 16.3 Å². The van der Waals surface area contributed by atoms with E-state index in [9.17, 15) is 9.13 Å². The number of hydrogen-bond acceptors (Lipinski definition) is 4. The highest BCUT2D eigenvalue weighted by Crippen LogP contribution is 2.29. The molecule has 0 aromatic carbocycles. The first kappa shape index (κ1) is 9.04. The SMILES string of the molecule is O=[P+](O)OC(O)[P+](=O)O. The topological polar surface area (TPSA) is 104 Å². The van der Waals surface area contributed by atoms with Gasteiger partial charge in [0.1, 0.15) is 0 Å². The number of aliphatic hydroxyl groups excluding tert-OH is 1. The molecule has 9 heavy (non-hydrogen) atoms. The van der Waals surface area contributed by atoms with Gasteiger partial charge in [-0.1, -0.05) is 0 Å². The molecule has 0 saturated carbocycles. The quantitative estimate of drug-likeness (QED) is 0.399. The van der Waals surface area contributed by atoms with Gasteiger partial charge in [0.15, 0.2) is 0 Å². The molecule has 3 unspecified atom stereocenters. The third-order valence-electron chi connectivity index (χ3n) is 0.373. The molecule has 0 aliphatic rings. The first-order valence-electron chi connectivity index (χ1n) is 1.70. The summed E-state index contributed by atoms with van der Waals surface area (Å²) in [7, 11) is -5.97. The number of aliphatic hydroxyl groups is 1. The highest BCUT2D eigenvalue weighted by Gasteiger charge is 2.36. The minimum atomic E-state index is -3.02. The van der Waals surface area contributed by atoms with Crippen LogP contribution in [0.5, 0.6) is 0 Å². The number of hydrogen-bond donors (Lipinski definition) is 3. The zero-order valence-electron chi connectivity index (χ0n) is 4.04. The van der Waals surface area contributed by atoms with Crippen molar-refractivity contribution in [1.82, 2.24) is 0 Å². The van der Waals surface area contributed by atoms with Crippen LogP contribution in [0.2, 0.25) is 0 Å². The van der Waals surface area contributed by atoms with Crippen LogP contribution in [-0.2, 0) is 13.7 Å². The zero-order chi connectivity index (χ0) is 7.44. The van der Waals surface area contributed by atoms with Crippen molar-refractivity contribution in [2.75, 3.05) is 0 Å². The molecule has 52 valence electrons. The summed E-state index contributed by atoms with van der Waals surface area (Å²) in [4.78, 5) is 15.8. The smallest absolute Gasteiger partial charge is 0.323 e. The standard InChI is InChI=1S/CH2O6P2/c2-1(8(3)4)7-9(5)6/h1-2H/p+2. The molecule has 0 bridgehead atoms. The van der Waals surface area contributed by atoms with Crippen molar-refractivity contribution in [3.05, 3.63) is 0 Å². The minimum absolute atomic E-state index is 2.08. The van der Waals surface area contributed by atoms with Gasteiger partial charge in [0.2, 0.25) is 0 Å². The van der Waals surface area contributed by atoms with Gasteiger partial charge in [-0.15, -0.1) is 4.89 Å². The predicted octanol–water partition coefficient (Wildman–Crippen LogP) is -0.337. The highest BCUT2D eigenvalue weighted by molar-refractivity contribution is 7.39. The summed E-state index contributed by atoms with van der Waals surface area (Å²) in [6.07, 6.45) is 0. The maximum absolute atomic E-state index is 9.77. The van der Waals surface area contributed by atoms with Gasteiger partial charge in [-0.2, -0.15) is 4.89 Å². The second-order valence-corrected chi connectivity index (χ2v) is 2.71. The van der Waals surface area contributed by atoms with E-state index in [0.29, 0.717) is 0 Å². The molecule has 0 aromatic heterocycles. The molecule has 0 aliphatic carbocycles. The largest absolute Gasteiger partial charge is 0.701 e.